The van der Waals surface area contributed by atoms with Gasteiger partial charge in [-0.05, 0) is 19.1 Å². The lowest BCUT2D eigenvalue weighted by molar-refractivity contribution is -0.290. The van der Waals surface area contributed by atoms with Crippen LogP contribution in [-0.4, -0.2) is 28.9 Å². The fraction of sp³-hybridized carbons (Fsp3) is 0.300. The summed E-state index contributed by atoms with van der Waals surface area (Å²) in [4.78, 5) is 15.7. The minimum absolute atomic E-state index is 0.200. The van der Waals surface area contributed by atoms with E-state index in [-0.39, 0.29) is 12.3 Å². The highest BCUT2D eigenvalue weighted by molar-refractivity contribution is 6.30. The van der Waals surface area contributed by atoms with Crippen molar-refractivity contribution in [1.82, 2.24) is 5.06 Å². The van der Waals surface area contributed by atoms with Crippen LogP contribution in [-0.2, 0) is 0 Å². The molecule has 6 heteroatoms. The number of rotatable bonds is 4. The van der Waals surface area contributed by atoms with Crippen LogP contribution in [0.3, 0.4) is 0 Å². The highest BCUT2D eigenvalue weighted by Crippen LogP contribution is 2.18. The Balaban J connectivity index is 2.71. The van der Waals surface area contributed by atoms with Gasteiger partial charge in [-0.3, -0.25) is 0 Å². The van der Waals surface area contributed by atoms with Crippen molar-refractivity contribution in [3.05, 3.63) is 29.3 Å². The smallest absolute Gasteiger partial charge is 0.174 e. The molecular weight excluding hydrogens is 234 g/mol. The third kappa shape index (κ3) is 3.96. The summed E-state index contributed by atoms with van der Waals surface area (Å²) >= 11 is 5.70. The van der Waals surface area contributed by atoms with E-state index in [1.54, 1.807) is 18.2 Å². The molecule has 88 valence electrons. The molecule has 5 nitrogen and oxygen atoms in total. The van der Waals surface area contributed by atoms with Crippen LogP contribution in [0.4, 0.5) is 4.79 Å². The van der Waals surface area contributed by atoms with E-state index in [0.717, 1.165) is 0 Å². The lowest BCUT2D eigenvalue weighted by atomic mass is 10.3. The number of hydroxylamine groups is 2. The van der Waals surface area contributed by atoms with Crippen LogP contribution in [0.2, 0.25) is 5.02 Å². The fourth-order valence-electron chi connectivity index (χ4n) is 1.04. The normalized spacial score (nSPS) is 11.9. The topological polar surface area (TPSA) is 72.8 Å². The number of nitrogens with zero attached hydrogens (tertiary/aromatic N) is 1. The van der Waals surface area contributed by atoms with Crippen LogP contribution < -0.4 is 9.94 Å². The Hall–Kier alpha value is -1.46. The number of carbonyl (C=O) groups is 1. The maximum Gasteiger partial charge on any atom is 0.174 e. The Bertz CT molecular complexity index is 370. The summed E-state index contributed by atoms with van der Waals surface area (Å²) in [5, 5.41) is 20.7. The van der Waals surface area contributed by atoms with E-state index in [1.165, 1.54) is 13.0 Å². The SMILES string of the molecule is CC(O)CN(Oc1cccc(Cl)c1)C(=O)[O-]. The molecule has 0 saturated heterocycles. The maximum atomic E-state index is 10.7. The number of halogens is 1. The van der Waals surface area contributed by atoms with Crippen molar-refractivity contribution in [2.24, 2.45) is 0 Å². The summed E-state index contributed by atoms with van der Waals surface area (Å²) in [5.74, 6) is 0.261. The molecule has 0 aromatic heterocycles. The van der Waals surface area contributed by atoms with Gasteiger partial charge in [0.2, 0.25) is 0 Å². The summed E-state index contributed by atoms with van der Waals surface area (Å²) in [7, 11) is 0. The van der Waals surface area contributed by atoms with Crippen molar-refractivity contribution >= 4 is 17.7 Å². The summed E-state index contributed by atoms with van der Waals surface area (Å²) in [5.41, 5.74) is 0. The number of amides is 1. The van der Waals surface area contributed by atoms with Crippen LogP contribution in [0.1, 0.15) is 6.92 Å². The number of hydrogen-bond acceptors (Lipinski definition) is 4. The van der Waals surface area contributed by atoms with Crippen molar-refractivity contribution < 1.29 is 19.8 Å². The summed E-state index contributed by atoms with van der Waals surface area (Å²) in [6.45, 7) is 1.24. The zero-order chi connectivity index (χ0) is 12.1. The number of aliphatic hydroxyl groups is 1. The number of carbonyl (C=O) groups excluding carboxylic acids is 1. The Morgan fingerprint density at radius 1 is 1.69 bits per heavy atom. The van der Waals surface area contributed by atoms with Gasteiger partial charge in [0.25, 0.3) is 0 Å². The average molecular weight is 245 g/mol. The molecule has 0 radical (unpaired) electrons. The van der Waals surface area contributed by atoms with Crippen LogP contribution in [0.5, 0.6) is 5.75 Å². The maximum absolute atomic E-state index is 10.7. The second-order valence-electron chi connectivity index (χ2n) is 3.22. The van der Waals surface area contributed by atoms with Crippen molar-refractivity contribution in [2.75, 3.05) is 6.54 Å². The molecule has 1 rings (SSSR count). The predicted molar refractivity (Wildman–Crippen MR) is 55.9 cm³/mol. The van der Waals surface area contributed by atoms with E-state index in [4.69, 9.17) is 21.5 Å². The molecule has 1 aromatic rings. The second-order valence-corrected chi connectivity index (χ2v) is 3.66. The first-order chi connectivity index (χ1) is 7.49. The third-order valence-electron chi connectivity index (χ3n) is 1.65. The second kappa shape index (κ2) is 5.58. The van der Waals surface area contributed by atoms with Crippen LogP contribution in [0.25, 0.3) is 0 Å². The minimum Gasteiger partial charge on any atom is -0.528 e. The van der Waals surface area contributed by atoms with Crippen molar-refractivity contribution in [3.63, 3.8) is 0 Å². The van der Waals surface area contributed by atoms with Gasteiger partial charge in [0.1, 0.15) is 0 Å². The molecule has 1 amide bonds. The highest BCUT2D eigenvalue weighted by atomic mass is 35.5. The molecule has 16 heavy (non-hydrogen) atoms. The van der Waals surface area contributed by atoms with Crippen LogP contribution in [0.15, 0.2) is 24.3 Å². The number of aliphatic hydroxyl groups excluding tert-OH is 1. The van der Waals surface area contributed by atoms with Crippen LogP contribution >= 0.6 is 11.6 Å². The molecule has 0 bridgehead atoms. The van der Waals surface area contributed by atoms with E-state index < -0.39 is 12.2 Å². The minimum atomic E-state index is -1.53. The van der Waals surface area contributed by atoms with Gasteiger partial charge in [-0.25, -0.2) is 0 Å². The largest absolute Gasteiger partial charge is 0.528 e. The Kier molecular flexibility index (Phi) is 4.39. The van der Waals surface area contributed by atoms with Crippen molar-refractivity contribution in [3.8, 4) is 5.75 Å². The first-order valence-electron chi connectivity index (χ1n) is 4.59. The Morgan fingerprint density at radius 2 is 2.38 bits per heavy atom. The van der Waals surface area contributed by atoms with Gasteiger partial charge in [-0.2, -0.15) is 5.06 Å². The molecular formula is C10H11ClNO4-. The number of hydrogen-bond donors (Lipinski definition) is 1. The molecule has 0 aliphatic carbocycles. The van der Waals surface area contributed by atoms with E-state index in [9.17, 15) is 9.90 Å². The summed E-state index contributed by atoms with van der Waals surface area (Å²) in [6.07, 6.45) is -2.38. The zero-order valence-corrected chi connectivity index (χ0v) is 9.35. The lowest BCUT2D eigenvalue weighted by Crippen LogP contribution is -2.46. The van der Waals surface area contributed by atoms with E-state index in [0.29, 0.717) is 10.1 Å². The molecule has 1 atom stereocenters. The van der Waals surface area contributed by atoms with Gasteiger partial charge < -0.3 is 19.8 Å². The van der Waals surface area contributed by atoms with Gasteiger partial charge >= 0.3 is 0 Å². The molecule has 0 saturated carbocycles. The van der Waals surface area contributed by atoms with E-state index in [2.05, 4.69) is 0 Å². The molecule has 0 aliphatic rings. The Morgan fingerprint density at radius 3 is 2.88 bits per heavy atom. The molecule has 0 heterocycles. The fourth-order valence-corrected chi connectivity index (χ4v) is 1.22. The predicted octanol–water partition coefficient (Wildman–Crippen LogP) is 0.660. The van der Waals surface area contributed by atoms with E-state index >= 15 is 0 Å². The summed E-state index contributed by atoms with van der Waals surface area (Å²) in [6, 6.07) is 6.25. The molecule has 0 spiro atoms. The first kappa shape index (κ1) is 12.6. The molecule has 1 N–H and O–H groups in total. The highest BCUT2D eigenvalue weighted by Gasteiger charge is 2.10. The van der Waals surface area contributed by atoms with Gasteiger partial charge in [-0.15, -0.1) is 0 Å². The Labute approximate surface area is 97.8 Å². The van der Waals surface area contributed by atoms with Crippen molar-refractivity contribution in [2.45, 2.75) is 13.0 Å². The number of benzene rings is 1. The standard InChI is InChI=1S/C10H12ClNO4/c1-7(13)6-12(10(14)15)16-9-4-2-3-8(11)5-9/h2-5,7,13H,6H2,1H3,(H,14,15)/p-1. The average Bonchev–Trinajstić information content (AvgIpc) is 2.15. The molecule has 0 fully saturated rings. The third-order valence-corrected chi connectivity index (χ3v) is 1.88. The quantitative estimate of drug-likeness (QED) is 0.790. The van der Waals surface area contributed by atoms with Gasteiger partial charge in [0.05, 0.1) is 12.6 Å². The molecule has 1 unspecified atom stereocenters. The monoisotopic (exact) mass is 244 g/mol. The van der Waals surface area contributed by atoms with E-state index in [1.807, 2.05) is 0 Å². The van der Waals surface area contributed by atoms with Gasteiger partial charge in [-0.1, -0.05) is 17.7 Å². The zero-order valence-electron chi connectivity index (χ0n) is 8.59. The molecule has 1 aromatic carbocycles. The summed E-state index contributed by atoms with van der Waals surface area (Å²) < 4.78 is 0. The molecule has 0 aliphatic heterocycles. The van der Waals surface area contributed by atoms with Crippen LogP contribution in [0, 0.1) is 0 Å². The number of carboxylic acid groups (broad SMARTS) is 1. The lowest BCUT2D eigenvalue weighted by Gasteiger charge is -2.25. The van der Waals surface area contributed by atoms with Gasteiger partial charge in [0, 0.05) is 11.1 Å². The van der Waals surface area contributed by atoms with Crippen molar-refractivity contribution in [1.29, 1.82) is 0 Å². The van der Waals surface area contributed by atoms with Gasteiger partial charge in [0.15, 0.2) is 11.8 Å². The first-order valence-corrected chi connectivity index (χ1v) is 4.97.